The number of nitrogens with one attached hydrogen (secondary N) is 1. The van der Waals surface area contributed by atoms with Gasteiger partial charge in [0.15, 0.2) is 17.3 Å². The molecule has 1 N–H and O–H groups in total. The smallest absolute Gasteiger partial charge is 0.283 e. The summed E-state index contributed by atoms with van der Waals surface area (Å²) in [5, 5.41) is 15.8. The van der Waals surface area contributed by atoms with Crippen LogP contribution in [0.2, 0.25) is 5.02 Å². The number of ether oxygens (including phenoxy) is 3. The molecule has 10 heteroatoms. The zero-order valence-electron chi connectivity index (χ0n) is 22.0. The number of nitrogens with zero attached hydrogens (tertiary/aromatic N) is 3. The second kappa shape index (κ2) is 12.3. The van der Waals surface area contributed by atoms with Crippen LogP contribution in [0.15, 0.2) is 52.1 Å². The lowest BCUT2D eigenvalue weighted by atomic mass is 9.84. The predicted molar refractivity (Wildman–Crippen MR) is 157 cm³/mol. The van der Waals surface area contributed by atoms with Crippen molar-refractivity contribution >= 4 is 51.4 Å². The van der Waals surface area contributed by atoms with E-state index in [2.05, 4.69) is 22.2 Å². The number of methoxy groups -OCH3 is 1. The Kier molecular flexibility index (Phi) is 8.57. The van der Waals surface area contributed by atoms with Crippen molar-refractivity contribution in [2.45, 2.75) is 51.4 Å². The van der Waals surface area contributed by atoms with E-state index in [9.17, 15) is 4.79 Å². The molecule has 204 valence electrons. The lowest BCUT2D eigenvalue weighted by molar-refractivity contribution is -0.114. The summed E-state index contributed by atoms with van der Waals surface area (Å²) in [4.78, 5) is 16.7. The largest absolute Gasteiger partial charge is 0.493 e. The molecule has 0 atom stereocenters. The highest BCUT2D eigenvalue weighted by atomic mass is 35.5. The molecule has 39 heavy (non-hydrogen) atoms. The number of amidine groups is 2. The SMILES string of the molecule is CCC1=NN2C(=N)/C(=C/c3cc(Cl)c(OCCOc4ccc(C5CCCCC5)cc4)c(OC)c3)C(=O)N=C2S1. The van der Waals surface area contributed by atoms with E-state index in [1.54, 1.807) is 18.2 Å². The summed E-state index contributed by atoms with van der Waals surface area (Å²) in [7, 11) is 1.52. The predicted octanol–water partition coefficient (Wildman–Crippen LogP) is 6.88. The van der Waals surface area contributed by atoms with E-state index in [0.717, 1.165) is 10.8 Å². The minimum Gasteiger partial charge on any atom is -0.493 e. The number of carbonyl (C=O) groups is 1. The molecule has 0 saturated heterocycles. The number of aliphatic imine (C=N–C) groups is 1. The molecule has 5 rings (SSSR count). The number of fused-ring (bicyclic) bond motifs is 1. The third kappa shape index (κ3) is 6.15. The lowest BCUT2D eigenvalue weighted by Crippen LogP contribution is -2.35. The van der Waals surface area contributed by atoms with E-state index in [1.165, 1.54) is 61.5 Å². The number of carbonyl (C=O) groups excluding carboxylic acids is 1. The van der Waals surface area contributed by atoms with Gasteiger partial charge in [-0.25, -0.2) is 0 Å². The number of hydrazone groups is 1. The highest BCUT2D eigenvalue weighted by Crippen LogP contribution is 2.38. The molecular formula is C29H31ClN4O4S. The average Bonchev–Trinajstić information content (AvgIpc) is 3.38. The van der Waals surface area contributed by atoms with Gasteiger partial charge in [0.05, 0.1) is 17.7 Å². The first kappa shape index (κ1) is 27.3. The van der Waals surface area contributed by atoms with Gasteiger partial charge in [-0.15, -0.1) is 0 Å². The van der Waals surface area contributed by atoms with E-state index >= 15 is 0 Å². The first-order valence-electron chi connectivity index (χ1n) is 13.2. The van der Waals surface area contributed by atoms with Crippen molar-refractivity contribution in [3.05, 3.63) is 58.1 Å². The Balaban J connectivity index is 1.22. The van der Waals surface area contributed by atoms with Gasteiger partial charge in [-0.3, -0.25) is 10.2 Å². The van der Waals surface area contributed by atoms with Crippen LogP contribution in [0.3, 0.4) is 0 Å². The molecule has 1 aliphatic carbocycles. The van der Waals surface area contributed by atoms with E-state index < -0.39 is 5.91 Å². The molecule has 0 radical (unpaired) electrons. The number of amides is 1. The lowest BCUT2D eigenvalue weighted by Gasteiger charge is -2.22. The van der Waals surface area contributed by atoms with Crippen molar-refractivity contribution in [1.82, 2.24) is 5.01 Å². The highest BCUT2D eigenvalue weighted by Gasteiger charge is 2.35. The normalized spacial score (nSPS) is 18.6. The number of halogens is 1. The van der Waals surface area contributed by atoms with Crippen LogP contribution >= 0.6 is 23.4 Å². The van der Waals surface area contributed by atoms with Crippen molar-refractivity contribution in [2.24, 2.45) is 10.1 Å². The fraction of sp³-hybridized carbons (Fsp3) is 0.379. The van der Waals surface area contributed by atoms with Gasteiger partial charge in [-0.05, 0) is 78.4 Å². The maximum atomic E-state index is 12.7. The zero-order chi connectivity index (χ0) is 27.4. The molecule has 1 saturated carbocycles. The molecule has 0 unspecified atom stereocenters. The molecule has 1 fully saturated rings. The molecule has 0 spiro atoms. The summed E-state index contributed by atoms with van der Waals surface area (Å²) >= 11 is 7.85. The molecule has 1 amide bonds. The van der Waals surface area contributed by atoms with Gasteiger partial charge in [-0.2, -0.15) is 15.1 Å². The summed E-state index contributed by atoms with van der Waals surface area (Å²) in [6.45, 7) is 2.58. The van der Waals surface area contributed by atoms with Gasteiger partial charge >= 0.3 is 0 Å². The van der Waals surface area contributed by atoms with Crippen LogP contribution in [-0.2, 0) is 4.79 Å². The van der Waals surface area contributed by atoms with Gasteiger partial charge in [0.25, 0.3) is 5.91 Å². The molecule has 2 aromatic rings. The monoisotopic (exact) mass is 566 g/mol. The van der Waals surface area contributed by atoms with Gasteiger partial charge in [0.1, 0.15) is 24.0 Å². The van der Waals surface area contributed by atoms with E-state index in [-0.39, 0.29) is 18.0 Å². The van der Waals surface area contributed by atoms with Gasteiger partial charge < -0.3 is 14.2 Å². The summed E-state index contributed by atoms with van der Waals surface area (Å²) in [6, 6.07) is 11.7. The van der Waals surface area contributed by atoms with Crippen LogP contribution in [0.5, 0.6) is 17.2 Å². The standard InChI is InChI=1S/C29H31ClN4O4S/c1-3-25-33-34-27(31)22(28(35)32-29(34)39-25)15-18-16-23(30)26(24(17-18)36-2)38-14-13-37-21-11-9-20(10-12-21)19-7-5-4-6-8-19/h9-12,15-17,19,31H,3-8,13-14H2,1-2H3/b22-15-,31-27?. The number of thioether (sulfide) groups is 1. The minimum atomic E-state index is -0.495. The van der Waals surface area contributed by atoms with Crippen molar-refractivity contribution in [3.8, 4) is 17.2 Å². The van der Waals surface area contributed by atoms with Crippen LogP contribution in [0.25, 0.3) is 6.08 Å². The summed E-state index contributed by atoms with van der Waals surface area (Å²) in [5.74, 6) is 1.74. The van der Waals surface area contributed by atoms with Gasteiger partial charge in [0, 0.05) is 0 Å². The Morgan fingerprint density at radius 3 is 2.59 bits per heavy atom. The maximum Gasteiger partial charge on any atom is 0.283 e. The number of benzene rings is 2. The number of hydrogen-bond donors (Lipinski definition) is 1. The molecule has 2 aromatic carbocycles. The number of hydrogen-bond acceptors (Lipinski definition) is 7. The van der Waals surface area contributed by atoms with Crippen LogP contribution in [0.4, 0.5) is 0 Å². The third-order valence-electron chi connectivity index (χ3n) is 6.92. The quantitative estimate of drug-likeness (QED) is 0.262. The Morgan fingerprint density at radius 1 is 1.13 bits per heavy atom. The van der Waals surface area contributed by atoms with Crippen molar-refractivity contribution in [2.75, 3.05) is 20.3 Å². The van der Waals surface area contributed by atoms with Crippen molar-refractivity contribution in [3.63, 3.8) is 0 Å². The zero-order valence-corrected chi connectivity index (χ0v) is 23.6. The first-order valence-corrected chi connectivity index (χ1v) is 14.4. The molecule has 3 aliphatic rings. The maximum absolute atomic E-state index is 12.7. The Labute approximate surface area is 237 Å². The fourth-order valence-corrected chi connectivity index (χ4v) is 5.98. The summed E-state index contributed by atoms with van der Waals surface area (Å²) < 4.78 is 17.3. The molecule has 2 heterocycles. The van der Waals surface area contributed by atoms with E-state index in [4.69, 9.17) is 31.2 Å². The van der Waals surface area contributed by atoms with E-state index in [1.807, 2.05) is 19.1 Å². The van der Waals surface area contributed by atoms with Crippen LogP contribution < -0.4 is 14.2 Å². The van der Waals surface area contributed by atoms with Gasteiger partial charge in [0.2, 0.25) is 5.17 Å². The van der Waals surface area contributed by atoms with Crippen LogP contribution in [0, 0.1) is 5.41 Å². The summed E-state index contributed by atoms with van der Waals surface area (Å²) in [6.07, 6.45) is 8.78. The van der Waals surface area contributed by atoms with Crippen molar-refractivity contribution in [1.29, 1.82) is 5.41 Å². The first-order chi connectivity index (χ1) is 19.0. The van der Waals surface area contributed by atoms with Gasteiger partial charge in [-0.1, -0.05) is 49.9 Å². The summed E-state index contributed by atoms with van der Waals surface area (Å²) in [5.41, 5.74) is 2.09. The Morgan fingerprint density at radius 2 is 1.87 bits per heavy atom. The fourth-order valence-electron chi connectivity index (χ4n) is 4.88. The van der Waals surface area contributed by atoms with Crippen LogP contribution in [-0.4, -0.2) is 47.3 Å². The van der Waals surface area contributed by atoms with Crippen molar-refractivity contribution < 1.29 is 19.0 Å². The van der Waals surface area contributed by atoms with E-state index in [0.29, 0.717) is 46.2 Å². The molecular weight excluding hydrogens is 536 g/mol. The third-order valence-corrected chi connectivity index (χ3v) is 8.25. The number of rotatable bonds is 9. The Hall–Kier alpha value is -3.30. The Bertz CT molecular complexity index is 1350. The molecule has 2 aliphatic heterocycles. The molecule has 8 nitrogen and oxygen atoms in total. The molecule has 0 aromatic heterocycles. The second-order valence-electron chi connectivity index (χ2n) is 9.50. The minimum absolute atomic E-state index is 0.0275. The average molecular weight is 567 g/mol. The molecule has 0 bridgehead atoms. The second-order valence-corrected chi connectivity index (χ2v) is 11.0. The van der Waals surface area contributed by atoms with Crippen LogP contribution in [0.1, 0.15) is 62.5 Å². The highest BCUT2D eigenvalue weighted by molar-refractivity contribution is 8.26. The topological polar surface area (TPSA) is 96.6 Å².